The Morgan fingerprint density at radius 2 is 2.04 bits per heavy atom. The minimum atomic E-state index is -2.74. The van der Waals surface area contributed by atoms with Crippen molar-refractivity contribution in [2.45, 2.75) is 46.8 Å². The van der Waals surface area contributed by atoms with Crippen LogP contribution in [0.3, 0.4) is 0 Å². The van der Waals surface area contributed by atoms with Crippen molar-refractivity contribution in [3.8, 4) is 0 Å². The molecule has 5 nitrogen and oxygen atoms in total. The van der Waals surface area contributed by atoms with Gasteiger partial charge in [0.25, 0.3) is 5.91 Å². The van der Waals surface area contributed by atoms with Crippen LogP contribution in [-0.4, -0.2) is 26.1 Å². The van der Waals surface area contributed by atoms with E-state index in [0.717, 1.165) is 4.57 Å². The minimum Gasteiger partial charge on any atom is -0.346 e. The van der Waals surface area contributed by atoms with Crippen LogP contribution in [0.1, 0.15) is 43.5 Å². The van der Waals surface area contributed by atoms with Crippen LogP contribution in [0.4, 0.5) is 8.78 Å². The number of aromatic nitrogens is 3. The van der Waals surface area contributed by atoms with Gasteiger partial charge in [-0.2, -0.15) is 8.78 Å². The zero-order chi connectivity index (χ0) is 17.2. The average molecular weight is 324 g/mol. The van der Waals surface area contributed by atoms with E-state index in [1.165, 1.54) is 12.1 Å². The molecule has 2 rings (SSSR count). The number of nitrogens with zero attached hydrogens (tertiary/aromatic N) is 3. The van der Waals surface area contributed by atoms with E-state index in [4.69, 9.17) is 0 Å². The number of aryl methyl sites for hydroxylation is 1. The maximum Gasteiger partial charge on any atom is 0.319 e. The molecule has 7 heteroatoms. The fourth-order valence-electron chi connectivity index (χ4n) is 2.37. The zero-order valence-electron chi connectivity index (χ0n) is 13.8. The quantitative estimate of drug-likeness (QED) is 0.918. The molecule has 0 aliphatic carbocycles. The van der Waals surface area contributed by atoms with Crippen molar-refractivity contribution in [1.29, 1.82) is 0 Å². The van der Waals surface area contributed by atoms with Crippen LogP contribution < -0.4 is 5.32 Å². The number of hydrogen-bond acceptors (Lipinski definition) is 2. The van der Waals surface area contributed by atoms with Gasteiger partial charge in [-0.1, -0.05) is 20.8 Å². The van der Waals surface area contributed by atoms with E-state index < -0.39 is 12.5 Å². The Morgan fingerprint density at radius 3 is 2.57 bits per heavy atom. The maximum absolute atomic E-state index is 13.1. The summed E-state index contributed by atoms with van der Waals surface area (Å²) >= 11 is 0. The van der Waals surface area contributed by atoms with E-state index in [2.05, 4.69) is 10.3 Å². The summed E-state index contributed by atoms with van der Waals surface area (Å²) in [6.07, 6.45) is 5.13. The Bertz CT molecular complexity index is 656. The number of halogens is 2. The molecule has 1 amide bonds. The second-order valence-electron chi connectivity index (χ2n) is 6.66. The normalized spacial score (nSPS) is 13.3. The molecular weight excluding hydrogens is 302 g/mol. The van der Waals surface area contributed by atoms with E-state index in [9.17, 15) is 13.6 Å². The van der Waals surface area contributed by atoms with Gasteiger partial charge in [-0.15, -0.1) is 0 Å². The van der Waals surface area contributed by atoms with Crippen molar-refractivity contribution in [2.24, 2.45) is 5.41 Å². The number of carbonyl (C=O) groups is 1. The highest BCUT2D eigenvalue weighted by Gasteiger charge is 2.28. The lowest BCUT2D eigenvalue weighted by Gasteiger charge is -2.32. The van der Waals surface area contributed by atoms with Gasteiger partial charge in [0.1, 0.15) is 5.69 Å². The van der Waals surface area contributed by atoms with Crippen molar-refractivity contribution < 1.29 is 13.6 Å². The van der Waals surface area contributed by atoms with Crippen molar-refractivity contribution in [3.63, 3.8) is 0 Å². The van der Waals surface area contributed by atoms with Gasteiger partial charge in [0, 0.05) is 24.6 Å². The Morgan fingerprint density at radius 1 is 1.35 bits per heavy atom. The summed E-state index contributed by atoms with van der Waals surface area (Å²) in [5, 5.41) is 2.88. The number of amides is 1. The first-order chi connectivity index (χ1) is 10.7. The molecule has 0 unspecified atom stereocenters. The van der Waals surface area contributed by atoms with Gasteiger partial charge in [-0.3, -0.25) is 9.36 Å². The summed E-state index contributed by atoms with van der Waals surface area (Å²) in [6, 6.07) is 2.71. The third-order valence-electron chi connectivity index (χ3n) is 3.85. The van der Waals surface area contributed by atoms with Crippen LogP contribution in [0, 0.1) is 12.3 Å². The topological polar surface area (TPSA) is 51.9 Å². The predicted octanol–water partition coefficient (Wildman–Crippen LogP) is 3.23. The highest BCUT2D eigenvalue weighted by Crippen LogP contribution is 2.23. The molecule has 2 aromatic heterocycles. The molecule has 1 atom stereocenters. The van der Waals surface area contributed by atoms with Crippen molar-refractivity contribution in [2.75, 3.05) is 0 Å². The molecular formula is C16H22F2N4O. The molecule has 0 saturated heterocycles. The smallest absolute Gasteiger partial charge is 0.319 e. The van der Waals surface area contributed by atoms with Crippen LogP contribution in [0.5, 0.6) is 0 Å². The molecule has 0 aliphatic rings. The second kappa shape index (κ2) is 6.52. The van der Waals surface area contributed by atoms with Gasteiger partial charge in [0.15, 0.2) is 0 Å². The molecule has 23 heavy (non-hydrogen) atoms. The molecule has 0 aliphatic heterocycles. The van der Waals surface area contributed by atoms with Crippen LogP contribution >= 0.6 is 0 Å². The minimum absolute atomic E-state index is 0.0302. The third kappa shape index (κ3) is 3.97. The van der Waals surface area contributed by atoms with Gasteiger partial charge >= 0.3 is 6.55 Å². The van der Waals surface area contributed by atoms with Crippen molar-refractivity contribution in [3.05, 3.63) is 42.2 Å². The Hall–Kier alpha value is -2.18. The summed E-state index contributed by atoms with van der Waals surface area (Å²) in [6.45, 7) is 5.30. The molecule has 2 aromatic rings. The van der Waals surface area contributed by atoms with E-state index in [-0.39, 0.29) is 17.2 Å². The molecule has 0 aromatic carbocycles. The molecule has 1 N–H and O–H groups in total. The second-order valence-corrected chi connectivity index (χ2v) is 6.66. The first-order valence-corrected chi connectivity index (χ1v) is 7.42. The first kappa shape index (κ1) is 17.2. The number of hydrogen-bond donors (Lipinski definition) is 1. The lowest BCUT2D eigenvalue weighted by molar-refractivity contribution is 0.0604. The fourth-order valence-corrected chi connectivity index (χ4v) is 2.37. The van der Waals surface area contributed by atoms with Crippen molar-refractivity contribution >= 4 is 5.91 Å². The van der Waals surface area contributed by atoms with Gasteiger partial charge in [0.2, 0.25) is 0 Å². The Kier molecular flexibility index (Phi) is 4.87. The Labute approximate surface area is 134 Å². The zero-order valence-corrected chi connectivity index (χ0v) is 13.8. The fraction of sp³-hybridized carbons (Fsp3) is 0.500. The van der Waals surface area contributed by atoms with Gasteiger partial charge < -0.3 is 9.88 Å². The lowest BCUT2D eigenvalue weighted by Crippen LogP contribution is -2.46. The van der Waals surface area contributed by atoms with Crippen LogP contribution in [0.2, 0.25) is 0 Å². The standard InChI is InChI=1S/C16H22F2N4O/c1-11-5-6-12(22(11)15(17)18)14(23)20-13(16(2,3)4)9-21-8-7-19-10-21/h5-8,10,13,15H,9H2,1-4H3,(H,20,23)/t13-/m1/s1. The Balaban J connectivity index is 2.21. The molecule has 0 saturated carbocycles. The number of nitrogens with one attached hydrogen (secondary N) is 1. The molecule has 0 bridgehead atoms. The van der Waals surface area contributed by atoms with E-state index >= 15 is 0 Å². The summed E-state index contributed by atoms with van der Waals surface area (Å²) in [4.78, 5) is 16.5. The summed E-state index contributed by atoms with van der Waals surface area (Å²) in [5.74, 6) is -0.501. The van der Waals surface area contributed by atoms with Gasteiger partial charge in [-0.05, 0) is 24.5 Å². The number of carbonyl (C=O) groups excluding carboxylic acids is 1. The maximum atomic E-state index is 13.1. The molecule has 0 radical (unpaired) electrons. The number of alkyl halides is 2. The predicted molar refractivity (Wildman–Crippen MR) is 83.4 cm³/mol. The number of imidazole rings is 1. The van der Waals surface area contributed by atoms with Crippen LogP contribution in [-0.2, 0) is 6.54 Å². The monoisotopic (exact) mass is 324 g/mol. The van der Waals surface area contributed by atoms with Crippen LogP contribution in [0.25, 0.3) is 0 Å². The summed E-state index contributed by atoms with van der Waals surface area (Å²) < 4.78 is 28.9. The van der Waals surface area contributed by atoms with Crippen molar-refractivity contribution in [1.82, 2.24) is 19.4 Å². The SMILES string of the molecule is Cc1ccc(C(=O)N[C@H](Cn2ccnc2)C(C)(C)C)n1C(F)F. The summed E-state index contributed by atoms with van der Waals surface area (Å²) in [7, 11) is 0. The molecule has 2 heterocycles. The highest BCUT2D eigenvalue weighted by molar-refractivity contribution is 5.93. The van der Waals surface area contributed by atoms with Crippen LogP contribution in [0.15, 0.2) is 30.9 Å². The average Bonchev–Trinajstić information content (AvgIpc) is 3.05. The largest absolute Gasteiger partial charge is 0.346 e. The summed E-state index contributed by atoms with van der Waals surface area (Å²) in [5.41, 5.74) is 0.0847. The van der Waals surface area contributed by atoms with Gasteiger partial charge in [-0.25, -0.2) is 4.98 Å². The van der Waals surface area contributed by atoms with E-state index in [1.807, 2.05) is 25.3 Å². The van der Waals surface area contributed by atoms with E-state index in [1.54, 1.807) is 25.6 Å². The van der Waals surface area contributed by atoms with Gasteiger partial charge in [0.05, 0.1) is 12.4 Å². The van der Waals surface area contributed by atoms with E-state index in [0.29, 0.717) is 12.2 Å². The number of rotatable bonds is 5. The lowest BCUT2D eigenvalue weighted by atomic mass is 9.86. The third-order valence-corrected chi connectivity index (χ3v) is 3.85. The molecule has 126 valence electrons. The molecule has 0 fully saturated rings. The first-order valence-electron chi connectivity index (χ1n) is 7.42. The highest BCUT2D eigenvalue weighted by atomic mass is 19.3. The molecule has 0 spiro atoms.